The Morgan fingerprint density at radius 1 is 1.00 bits per heavy atom. The van der Waals surface area contributed by atoms with Crippen LogP contribution < -0.4 is 16.2 Å². The number of halogens is 1. The van der Waals surface area contributed by atoms with Gasteiger partial charge in [0.25, 0.3) is 17.4 Å². The molecule has 4 rings (SSSR count). The summed E-state index contributed by atoms with van der Waals surface area (Å²) in [4.78, 5) is 55.2. The second-order valence-electron chi connectivity index (χ2n) is 7.12. The molecule has 2 aromatic heterocycles. The monoisotopic (exact) mass is 480 g/mol. The lowest BCUT2D eigenvalue weighted by Gasteiger charge is -2.09. The molecule has 0 saturated heterocycles. The number of fused-ring (bicyclic) bond motifs is 1. The number of aryl methyl sites for hydroxylation is 1. The van der Waals surface area contributed by atoms with Crippen LogP contribution in [-0.4, -0.2) is 34.3 Å². The smallest absolute Gasteiger partial charge is 0.337 e. The molecule has 4 aromatic rings. The van der Waals surface area contributed by atoms with Crippen molar-refractivity contribution >= 4 is 45.5 Å². The zero-order valence-corrected chi connectivity index (χ0v) is 18.7. The summed E-state index contributed by atoms with van der Waals surface area (Å²) in [6.45, 7) is 1.62. The number of nitrogens with zero attached hydrogens (tertiary/aromatic N) is 2. The molecule has 11 heteroatoms. The van der Waals surface area contributed by atoms with Crippen LogP contribution in [0.5, 0.6) is 0 Å². The number of anilines is 2. The van der Waals surface area contributed by atoms with Crippen LogP contribution in [0.25, 0.3) is 4.96 Å². The van der Waals surface area contributed by atoms with Gasteiger partial charge in [-0.25, -0.2) is 18.6 Å². The molecule has 0 aliphatic rings. The molecule has 0 fully saturated rings. The van der Waals surface area contributed by atoms with E-state index in [1.54, 1.807) is 19.1 Å². The van der Waals surface area contributed by atoms with E-state index in [0.717, 1.165) is 15.7 Å². The van der Waals surface area contributed by atoms with Crippen molar-refractivity contribution in [1.29, 1.82) is 0 Å². The minimum Gasteiger partial charge on any atom is -0.465 e. The molecule has 0 bridgehead atoms. The first kappa shape index (κ1) is 22.8. The predicted molar refractivity (Wildman–Crippen MR) is 124 cm³/mol. The molecule has 0 radical (unpaired) electrons. The van der Waals surface area contributed by atoms with Gasteiger partial charge in [0.15, 0.2) is 4.96 Å². The van der Waals surface area contributed by atoms with Crippen molar-refractivity contribution in [2.24, 2.45) is 0 Å². The predicted octanol–water partition coefficient (Wildman–Crippen LogP) is 3.49. The highest BCUT2D eigenvalue weighted by Crippen LogP contribution is 2.24. The number of ether oxygens (including phenoxy) is 1. The number of carbonyl (C=O) groups is 3. The minimum atomic E-state index is -0.759. The maximum atomic E-state index is 13.3. The van der Waals surface area contributed by atoms with Crippen molar-refractivity contribution in [2.75, 3.05) is 17.7 Å². The van der Waals surface area contributed by atoms with Crippen molar-refractivity contribution in [2.45, 2.75) is 6.92 Å². The molecule has 2 amide bonds. The summed E-state index contributed by atoms with van der Waals surface area (Å²) in [5, 5.41) is 5.20. The minimum absolute atomic E-state index is 0.0684. The van der Waals surface area contributed by atoms with Gasteiger partial charge in [0.1, 0.15) is 16.4 Å². The number of methoxy groups -OCH3 is 1. The Labute approximate surface area is 195 Å². The molecule has 9 nitrogen and oxygen atoms in total. The lowest BCUT2D eigenvalue weighted by Crippen LogP contribution is -2.25. The summed E-state index contributed by atoms with van der Waals surface area (Å²) in [6, 6.07) is 12.4. The lowest BCUT2D eigenvalue weighted by molar-refractivity contribution is 0.0600. The molecule has 0 atom stereocenters. The molecule has 2 heterocycles. The second-order valence-corrected chi connectivity index (χ2v) is 8.10. The summed E-state index contributed by atoms with van der Waals surface area (Å²) in [7, 11) is 1.23. The first-order valence-corrected chi connectivity index (χ1v) is 10.7. The number of esters is 1. The molecule has 0 saturated carbocycles. The van der Waals surface area contributed by atoms with E-state index in [9.17, 15) is 23.6 Å². The van der Waals surface area contributed by atoms with Gasteiger partial charge in [0.2, 0.25) is 0 Å². The van der Waals surface area contributed by atoms with Gasteiger partial charge in [0, 0.05) is 23.1 Å². The van der Waals surface area contributed by atoms with E-state index in [-0.39, 0.29) is 26.8 Å². The third kappa shape index (κ3) is 4.55. The van der Waals surface area contributed by atoms with Gasteiger partial charge in [-0.05, 0) is 49.4 Å². The number of carbonyl (C=O) groups excluding carboxylic acids is 3. The Morgan fingerprint density at radius 3 is 2.41 bits per heavy atom. The average Bonchev–Trinajstić information content (AvgIpc) is 3.20. The Bertz CT molecular complexity index is 1490. The largest absolute Gasteiger partial charge is 0.465 e. The van der Waals surface area contributed by atoms with Crippen molar-refractivity contribution in [1.82, 2.24) is 9.38 Å². The number of hydrogen-bond acceptors (Lipinski definition) is 7. The third-order valence-electron chi connectivity index (χ3n) is 4.71. The molecular weight excluding hydrogens is 463 g/mol. The summed E-state index contributed by atoms with van der Waals surface area (Å²) in [5.74, 6) is -2.49. The average molecular weight is 480 g/mol. The molecule has 172 valence electrons. The highest BCUT2D eigenvalue weighted by molar-refractivity contribution is 7.19. The number of nitrogens with one attached hydrogen (secondary N) is 2. The standard InChI is InChI=1S/C23H17FN4O5S/c1-12-10-17(29)28-18(20(30)27-16-5-3-4-13(11-16)22(32)33-2)19(34-23(28)25-12)21(31)26-15-8-6-14(24)7-9-15/h3-11H,1-2H3,(H,26,31)(H,27,30). The van der Waals surface area contributed by atoms with Crippen molar-refractivity contribution in [3.63, 3.8) is 0 Å². The fourth-order valence-corrected chi connectivity index (χ4v) is 4.27. The van der Waals surface area contributed by atoms with E-state index in [4.69, 9.17) is 0 Å². The van der Waals surface area contributed by atoms with E-state index < -0.39 is 29.2 Å². The maximum Gasteiger partial charge on any atom is 0.337 e. The fraction of sp³-hybridized carbons (Fsp3) is 0.0870. The van der Waals surface area contributed by atoms with Crippen LogP contribution in [0.15, 0.2) is 59.4 Å². The van der Waals surface area contributed by atoms with E-state index in [1.165, 1.54) is 49.6 Å². The van der Waals surface area contributed by atoms with Crippen LogP contribution in [-0.2, 0) is 4.74 Å². The Kier molecular flexibility index (Phi) is 6.19. The molecule has 0 aliphatic carbocycles. The molecular formula is C23H17FN4O5S. The van der Waals surface area contributed by atoms with Gasteiger partial charge in [0.05, 0.1) is 12.7 Å². The number of benzene rings is 2. The molecule has 0 spiro atoms. The molecule has 0 unspecified atom stereocenters. The number of rotatable bonds is 5. The van der Waals surface area contributed by atoms with E-state index in [2.05, 4.69) is 20.4 Å². The Balaban J connectivity index is 1.76. The Morgan fingerprint density at radius 2 is 1.71 bits per heavy atom. The highest BCUT2D eigenvalue weighted by Gasteiger charge is 2.26. The van der Waals surface area contributed by atoms with Crippen LogP contribution >= 0.6 is 11.3 Å². The van der Waals surface area contributed by atoms with Crippen LogP contribution in [0.1, 0.15) is 36.2 Å². The zero-order chi connectivity index (χ0) is 24.4. The van der Waals surface area contributed by atoms with Crippen molar-refractivity contribution in [3.05, 3.63) is 92.6 Å². The lowest BCUT2D eigenvalue weighted by atomic mass is 10.2. The third-order valence-corrected chi connectivity index (χ3v) is 5.75. The summed E-state index contributed by atoms with van der Waals surface area (Å²) in [6.07, 6.45) is 0. The van der Waals surface area contributed by atoms with Gasteiger partial charge in [-0.2, -0.15) is 0 Å². The molecule has 34 heavy (non-hydrogen) atoms. The number of aromatic nitrogens is 2. The van der Waals surface area contributed by atoms with E-state index in [1.807, 2.05) is 0 Å². The SMILES string of the molecule is COC(=O)c1cccc(NC(=O)c2c(C(=O)Nc3ccc(F)cc3)sc3nc(C)cc(=O)n23)c1. The van der Waals surface area contributed by atoms with Crippen LogP contribution in [0.4, 0.5) is 15.8 Å². The number of hydrogen-bond donors (Lipinski definition) is 2. The normalized spacial score (nSPS) is 10.7. The summed E-state index contributed by atoms with van der Waals surface area (Å²) < 4.78 is 18.9. The molecule has 2 aromatic carbocycles. The van der Waals surface area contributed by atoms with E-state index >= 15 is 0 Å². The Hall–Kier alpha value is -4.38. The zero-order valence-electron chi connectivity index (χ0n) is 17.9. The van der Waals surface area contributed by atoms with Gasteiger partial charge in [-0.3, -0.25) is 14.4 Å². The highest BCUT2D eigenvalue weighted by atomic mass is 32.1. The topological polar surface area (TPSA) is 119 Å². The summed E-state index contributed by atoms with van der Waals surface area (Å²) in [5.41, 5.74) is 0.435. The van der Waals surface area contributed by atoms with E-state index in [0.29, 0.717) is 11.4 Å². The fourth-order valence-electron chi connectivity index (χ4n) is 3.20. The van der Waals surface area contributed by atoms with Gasteiger partial charge in [-0.15, -0.1) is 0 Å². The second kappa shape index (κ2) is 9.24. The molecule has 0 aliphatic heterocycles. The quantitative estimate of drug-likeness (QED) is 0.422. The van der Waals surface area contributed by atoms with Crippen LogP contribution in [0.3, 0.4) is 0 Å². The molecule has 2 N–H and O–H groups in total. The van der Waals surface area contributed by atoms with Crippen molar-refractivity contribution < 1.29 is 23.5 Å². The van der Waals surface area contributed by atoms with Crippen LogP contribution in [0.2, 0.25) is 0 Å². The van der Waals surface area contributed by atoms with Gasteiger partial charge in [-0.1, -0.05) is 17.4 Å². The van der Waals surface area contributed by atoms with Gasteiger partial charge >= 0.3 is 5.97 Å². The first-order valence-electron chi connectivity index (χ1n) is 9.86. The van der Waals surface area contributed by atoms with Gasteiger partial charge < -0.3 is 15.4 Å². The summed E-state index contributed by atoms with van der Waals surface area (Å²) >= 11 is 0.864. The van der Waals surface area contributed by atoms with Crippen LogP contribution in [0, 0.1) is 12.7 Å². The number of thiazole rings is 1. The first-order chi connectivity index (χ1) is 16.3. The van der Waals surface area contributed by atoms with Crippen molar-refractivity contribution in [3.8, 4) is 0 Å². The maximum absolute atomic E-state index is 13.3. The number of amides is 2.